The average molecular weight is 462 g/mol. The van der Waals surface area contributed by atoms with E-state index in [2.05, 4.69) is 66.0 Å². The molecule has 3 N–H and O–H groups in total. The molecule has 0 bridgehead atoms. The van der Waals surface area contributed by atoms with E-state index in [1.54, 1.807) is 7.11 Å². The molecule has 0 aliphatic carbocycles. The maximum Gasteiger partial charge on any atom is 0.191 e. The van der Waals surface area contributed by atoms with Crippen molar-refractivity contribution in [3.8, 4) is 0 Å². The number of ether oxygens (including phenoxy) is 1. The van der Waals surface area contributed by atoms with Gasteiger partial charge in [0.2, 0.25) is 0 Å². The molecule has 0 spiro atoms. The van der Waals surface area contributed by atoms with Crippen LogP contribution in [0.2, 0.25) is 0 Å². The number of guanidine groups is 1. The number of methoxy groups -OCH3 is 1. The molecule has 0 aliphatic heterocycles. The average Bonchev–Trinajstić information content (AvgIpc) is 2.61. The maximum atomic E-state index is 5.04. The quantitative estimate of drug-likeness (QED) is 0.202. The fraction of sp³-hybridized carbons (Fsp3) is 0.632. The number of nitrogens with one attached hydrogen (secondary N) is 3. The van der Waals surface area contributed by atoms with Crippen molar-refractivity contribution < 1.29 is 4.74 Å². The second kappa shape index (κ2) is 15.3. The molecule has 0 aliphatic rings. The molecule has 6 heteroatoms. The Morgan fingerprint density at radius 1 is 1.08 bits per heavy atom. The molecule has 0 amide bonds. The Morgan fingerprint density at radius 3 is 2.32 bits per heavy atom. The summed E-state index contributed by atoms with van der Waals surface area (Å²) in [5, 5.41) is 10.1. The molecule has 0 aromatic heterocycles. The van der Waals surface area contributed by atoms with E-state index < -0.39 is 0 Å². The Kier molecular flexibility index (Phi) is 14.6. The minimum Gasteiger partial charge on any atom is -0.383 e. The number of rotatable bonds is 11. The van der Waals surface area contributed by atoms with Gasteiger partial charge in [-0.25, -0.2) is 4.99 Å². The number of benzene rings is 1. The summed E-state index contributed by atoms with van der Waals surface area (Å²) in [6.45, 7) is 10.6. The van der Waals surface area contributed by atoms with Crippen molar-refractivity contribution in [1.29, 1.82) is 0 Å². The van der Waals surface area contributed by atoms with E-state index in [9.17, 15) is 0 Å². The number of aliphatic imine (C=N–C) groups is 1. The smallest absolute Gasteiger partial charge is 0.191 e. The van der Waals surface area contributed by atoms with E-state index in [0.717, 1.165) is 31.3 Å². The first-order valence-electron chi connectivity index (χ1n) is 9.07. The molecule has 0 unspecified atom stereocenters. The molecule has 1 aromatic rings. The van der Waals surface area contributed by atoms with Crippen LogP contribution < -0.4 is 16.0 Å². The van der Waals surface area contributed by atoms with Crippen LogP contribution in [0.4, 0.5) is 5.69 Å². The molecule has 25 heavy (non-hydrogen) atoms. The summed E-state index contributed by atoms with van der Waals surface area (Å²) in [6.07, 6.45) is 2.39. The minimum absolute atomic E-state index is 0. The fourth-order valence-corrected chi connectivity index (χ4v) is 2.36. The van der Waals surface area contributed by atoms with Crippen molar-refractivity contribution in [2.24, 2.45) is 10.9 Å². The monoisotopic (exact) mass is 462 g/mol. The molecule has 144 valence electrons. The first-order valence-corrected chi connectivity index (χ1v) is 9.07. The summed E-state index contributed by atoms with van der Waals surface area (Å²) >= 11 is 0. The predicted octanol–water partition coefficient (Wildman–Crippen LogP) is 3.85. The zero-order valence-corrected chi connectivity index (χ0v) is 18.4. The van der Waals surface area contributed by atoms with Gasteiger partial charge in [0.25, 0.3) is 0 Å². The molecule has 1 rings (SSSR count). The topological polar surface area (TPSA) is 57.7 Å². The summed E-state index contributed by atoms with van der Waals surface area (Å²) in [7, 11) is 1.71. The molecule has 0 radical (unpaired) electrons. The van der Waals surface area contributed by atoms with Gasteiger partial charge < -0.3 is 20.7 Å². The van der Waals surface area contributed by atoms with E-state index in [1.165, 1.54) is 18.4 Å². The number of hydrogen-bond donors (Lipinski definition) is 3. The minimum atomic E-state index is 0. The summed E-state index contributed by atoms with van der Waals surface area (Å²) in [5.74, 6) is 1.60. The van der Waals surface area contributed by atoms with Crippen LogP contribution in [-0.2, 0) is 11.3 Å². The zero-order valence-electron chi connectivity index (χ0n) is 16.1. The van der Waals surface area contributed by atoms with Crippen molar-refractivity contribution in [2.45, 2.75) is 40.2 Å². The molecule has 0 heterocycles. The van der Waals surface area contributed by atoms with Gasteiger partial charge in [0.1, 0.15) is 0 Å². The lowest BCUT2D eigenvalue weighted by atomic mass is 10.0. The lowest BCUT2D eigenvalue weighted by Crippen LogP contribution is -2.39. The molecular formula is C19H35IN4O. The number of hydrogen-bond acceptors (Lipinski definition) is 3. The van der Waals surface area contributed by atoms with Crippen molar-refractivity contribution in [3.05, 3.63) is 29.8 Å². The SMILES string of the molecule is CCNC(=NCc1ccc(NCCOC)cc1)NCC(CC)CC.I. The molecule has 0 saturated heterocycles. The maximum absolute atomic E-state index is 5.04. The highest BCUT2D eigenvalue weighted by molar-refractivity contribution is 14.0. The van der Waals surface area contributed by atoms with Gasteiger partial charge in [0.15, 0.2) is 5.96 Å². The molecular weight excluding hydrogens is 427 g/mol. The summed E-state index contributed by atoms with van der Waals surface area (Å²) in [5.41, 5.74) is 2.31. The first-order chi connectivity index (χ1) is 11.7. The van der Waals surface area contributed by atoms with Crippen LogP contribution in [0.1, 0.15) is 39.2 Å². The Hall–Kier alpha value is -1.02. The van der Waals surface area contributed by atoms with Gasteiger partial charge >= 0.3 is 0 Å². The van der Waals surface area contributed by atoms with Crippen LogP contribution in [0.15, 0.2) is 29.3 Å². The highest BCUT2D eigenvalue weighted by Crippen LogP contribution is 2.10. The van der Waals surface area contributed by atoms with Gasteiger partial charge in [-0.1, -0.05) is 38.8 Å². The van der Waals surface area contributed by atoms with Crippen LogP contribution >= 0.6 is 24.0 Å². The van der Waals surface area contributed by atoms with Crippen LogP contribution in [0, 0.1) is 5.92 Å². The lowest BCUT2D eigenvalue weighted by molar-refractivity contribution is 0.211. The number of halogens is 1. The van der Waals surface area contributed by atoms with E-state index >= 15 is 0 Å². The third-order valence-corrected chi connectivity index (χ3v) is 4.07. The van der Waals surface area contributed by atoms with Crippen molar-refractivity contribution in [1.82, 2.24) is 10.6 Å². The van der Waals surface area contributed by atoms with Crippen molar-refractivity contribution >= 4 is 35.6 Å². The normalized spacial score (nSPS) is 11.2. The predicted molar refractivity (Wildman–Crippen MR) is 119 cm³/mol. The number of nitrogens with zero attached hydrogens (tertiary/aromatic N) is 1. The molecule has 0 atom stereocenters. The summed E-state index contributed by atoms with van der Waals surface area (Å²) in [4.78, 5) is 4.68. The molecule has 5 nitrogen and oxygen atoms in total. The van der Waals surface area contributed by atoms with Crippen LogP contribution in [0.25, 0.3) is 0 Å². The van der Waals surface area contributed by atoms with Crippen LogP contribution in [0.3, 0.4) is 0 Å². The van der Waals surface area contributed by atoms with E-state index in [0.29, 0.717) is 19.1 Å². The van der Waals surface area contributed by atoms with E-state index in [-0.39, 0.29) is 24.0 Å². The Bertz CT molecular complexity index is 461. The van der Waals surface area contributed by atoms with Crippen molar-refractivity contribution in [3.63, 3.8) is 0 Å². The van der Waals surface area contributed by atoms with Crippen LogP contribution in [0.5, 0.6) is 0 Å². The fourth-order valence-electron chi connectivity index (χ4n) is 2.36. The first kappa shape index (κ1) is 24.0. The summed E-state index contributed by atoms with van der Waals surface area (Å²) in [6, 6.07) is 8.41. The van der Waals surface area contributed by atoms with Gasteiger partial charge in [-0.15, -0.1) is 24.0 Å². The lowest BCUT2D eigenvalue weighted by Gasteiger charge is -2.16. The third kappa shape index (κ3) is 10.5. The second-order valence-corrected chi connectivity index (χ2v) is 5.88. The molecule has 1 aromatic carbocycles. The van der Waals surface area contributed by atoms with Gasteiger partial charge in [0.05, 0.1) is 13.2 Å². The molecule has 0 saturated carbocycles. The highest BCUT2D eigenvalue weighted by Gasteiger charge is 2.04. The third-order valence-electron chi connectivity index (χ3n) is 4.07. The number of anilines is 1. The second-order valence-electron chi connectivity index (χ2n) is 5.88. The Balaban J connectivity index is 0.00000576. The standard InChI is InChI=1S/C19H34N4O.HI/c1-5-16(6-2)14-22-19(20-7-3)23-15-17-8-10-18(11-9-17)21-12-13-24-4;/h8-11,16,21H,5-7,12-15H2,1-4H3,(H2,20,22,23);1H. The van der Waals surface area contributed by atoms with E-state index in [4.69, 9.17) is 4.74 Å². The van der Waals surface area contributed by atoms with Crippen molar-refractivity contribution in [2.75, 3.05) is 38.7 Å². The Labute approximate surface area is 170 Å². The van der Waals surface area contributed by atoms with Crippen LogP contribution in [-0.4, -0.2) is 39.3 Å². The zero-order chi connectivity index (χ0) is 17.6. The Morgan fingerprint density at radius 2 is 1.76 bits per heavy atom. The van der Waals surface area contributed by atoms with Gasteiger partial charge in [-0.05, 0) is 30.5 Å². The van der Waals surface area contributed by atoms with Gasteiger partial charge in [-0.3, -0.25) is 0 Å². The molecule has 0 fully saturated rings. The van der Waals surface area contributed by atoms with Gasteiger partial charge in [0, 0.05) is 32.4 Å². The largest absolute Gasteiger partial charge is 0.383 e. The summed E-state index contributed by atoms with van der Waals surface area (Å²) < 4.78 is 5.04. The highest BCUT2D eigenvalue weighted by atomic mass is 127. The van der Waals surface area contributed by atoms with E-state index in [1.807, 2.05) is 0 Å². The van der Waals surface area contributed by atoms with Gasteiger partial charge in [-0.2, -0.15) is 0 Å².